The fraction of sp³-hybridized carbons (Fsp3) is 0.333. The molecular weight excluding hydrogens is 342 g/mol. The molecule has 0 aliphatic heterocycles. The summed E-state index contributed by atoms with van der Waals surface area (Å²) in [7, 11) is 1.33. The summed E-state index contributed by atoms with van der Waals surface area (Å²) in [6, 6.07) is 8.95. The Hall–Kier alpha value is -2.41. The van der Waals surface area contributed by atoms with Crippen LogP contribution in [0.1, 0.15) is 28.8 Å². The molecule has 0 bridgehead atoms. The van der Waals surface area contributed by atoms with Gasteiger partial charge in [0.05, 0.1) is 30.9 Å². The van der Waals surface area contributed by atoms with E-state index in [-0.39, 0.29) is 11.7 Å². The van der Waals surface area contributed by atoms with Crippen molar-refractivity contribution in [3.8, 4) is 5.75 Å². The van der Waals surface area contributed by atoms with Gasteiger partial charge in [-0.25, -0.2) is 4.79 Å². The zero-order valence-electron chi connectivity index (χ0n) is 14.5. The van der Waals surface area contributed by atoms with E-state index >= 15 is 0 Å². The van der Waals surface area contributed by atoms with Crippen molar-refractivity contribution in [1.29, 1.82) is 0 Å². The van der Waals surface area contributed by atoms with E-state index in [4.69, 9.17) is 9.15 Å². The molecular formula is C18H21NO5S. The Bertz CT molecular complexity index is 741. The Balaban J connectivity index is 1.86. The van der Waals surface area contributed by atoms with Gasteiger partial charge in [0.25, 0.3) is 0 Å². The molecule has 0 aliphatic carbocycles. The van der Waals surface area contributed by atoms with Crippen LogP contribution in [0.25, 0.3) is 0 Å². The number of aryl methyl sites for hydroxylation is 1. The lowest BCUT2D eigenvalue weighted by molar-refractivity contribution is -0.113. The van der Waals surface area contributed by atoms with Crippen molar-refractivity contribution in [2.45, 2.75) is 19.6 Å². The van der Waals surface area contributed by atoms with Crippen LogP contribution in [0.3, 0.4) is 0 Å². The largest absolute Gasteiger partial charge is 0.492 e. The molecule has 0 saturated carbocycles. The van der Waals surface area contributed by atoms with Crippen LogP contribution in [-0.2, 0) is 15.3 Å². The number of carbonyl (C=O) groups is 2. The number of thioether (sulfide) groups is 1. The normalized spacial score (nSPS) is 10.4. The van der Waals surface area contributed by atoms with Gasteiger partial charge in [0.15, 0.2) is 0 Å². The van der Waals surface area contributed by atoms with Gasteiger partial charge in [-0.2, -0.15) is 0 Å². The lowest BCUT2D eigenvalue weighted by Crippen LogP contribution is -2.15. The number of hydrogen-bond donors (Lipinski definition) is 1. The van der Waals surface area contributed by atoms with Crippen molar-refractivity contribution in [3.05, 3.63) is 47.4 Å². The van der Waals surface area contributed by atoms with E-state index in [0.717, 1.165) is 0 Å². The van der Waals surface area contributed by atoms with E-state index in [1.165, 1.54) is 18.9 Å². The first-order valence-electron chi connectivity index (χ1n) is 7.82. The summed E-state index contributed by atoms with van der Waals surface area (Å²) in [5.41, 5.74) is 1.06. The molecule has 25 heavy (non-hydrogen) atoms. The Labute approximate surface area is 150 Å². The number of esters is 1. The molecule has 0 radical (unpaired) electrons. The zero-order chi connectivity index (χ0) is 18.2. The van der Waals surface area contributed by atoms with Crippen LogP contribution in [-0.4, -0.2) is 31.3 Å². The summed E-state index contributed by atoms with van der Waals surface area (Å²) in [5, 5.41) is 2.84. The molecule has 0 atom stereocenters. The first kappa shape index (κ1) is 18.9. The molecule has 0 aliphatic rings. The average molecular weight is 363 g/mol. The van der Waals surface area contributed by atoms with Gasteiger partial charge in [0.1, 0.15) is 22.8 Å². The monoisotopic (exact) mass is 363 g/mol. The number of rotatable bonds is 8. The summed E-state index contributed by atoms with van der Waals surface area (Å²) in [6.07, 6.45) is 0. The third-order valence-electron chi connectivity index (χ3n) is 3.31. The second-order valence-electron chi connectivity index (χ2n) is 5.14. The van der Waals surface area contributed by atoms with E-state index in [0.29, 0.717) is 40.9 Å². The Kier molecular flexibility index (Phi) is 6.94. The lowest BCUT2D eigenvalue weighted by atomic mass is 10.2. The number of para-hydroxylation sites is 2. The summed E-state index contributed by atoms with van der Waals surface area (Å²) in [5.74, 6) is 1.97. The summed E-state index contributed by atoms with van der Waals surface area (Å²) >= 11 is 1.40. The van der Waals surface area contributed by atoms with Crippen LogP contribution < -0.4 is 10.1 Å². The molecule has 1 heterocycles. The van der Waals surface area contributed by atoms with Crippen LogP contribution in [0.4, 0.5) is 5.69 Å². The molecule has 0 unspecified atom stereocenters. The molecule has 7 heteroatoms. The minimum Gasteiger partial charge on any atom is -0.492 e. The predicted octanol–water partition coefficient (Wildman–Crippen LogP) is 3.65. The molecule has 0 spiro atoms. The Morgan fingerprint density at radius 3 is 2.76 bits per heavy atom. The maximum absolute atomic E-state index is 12.1. The number of ether oxygens (including phenoxy) is 2. The number of hydrogen-bond acceptors (Lipinski definition) is 6. The third kappa shape index (κ3) is 5.29. The third-order valence-corrected chi connectivity index (χ3v) is 4.27. The fourth-order valence-electron chi connectivity index (χ4n) is 2.21. The number of anilines is 1. The molecule has 2 aromatic rings. The van der Waals surface area contributed by atoms with E-state index < -0.39 is 5.97 Å². The van der Waals surface area contributed by atoms with Gasteiger partial charge in [-0.3, -0.25) is 4.79 Å². The molecule has 1 N–H and O–H groups in total. The van der Waals surface area contributed by atoms with Crippen molar-refractivity contribution in [1.82, 2.24) is 0 Å². The highest BCUT2D eigenvalue weighted by Gasteiger charge is 2.15. The zero-order valence-corrected chi connectivity index (χ0v) is 15.3. The van der Waals surface area contributed by atoms with Crippen LogP contribution in [0.15, 0.2) is 34.7 Å². The maximum Gasteiger partial charge on any atom is 0.341 e. The Morgan fingerprint density at radius 1 is 1.28 bits per heavy atom. The topological polar surface area (TPSA) is 77.8 Å². The summed E-state index contributed by atoms with van der Waals surface area (Å²) in [6.45, 7) is 4.13. The van der Waals surface area contributed by atoms with Crippen LogP contribution in [0.5, 0.6) is 5.75 Å². The Morgan fingerprint density at radius 2 is 2.04 bits per heavy atom. The second-order valence-corrected chi connectivity index (χ2v) is 6.13. The SMILES string of the molecule is CCOc1ccccc1NC(=O)CSCc1cc(C(=O)OC)c(C)o1. The fourth-order valence-corrected chi connectivity index (χ4v) is 2.91. The quantitative estimate of drug-likeness (QED) is 0.722. The van der Waals surface area contributed by atoms with Gasteiger partial charge in [-0.1, -0.05) is 12.1 Å². The molecule has 134 valence electrons. The lowest BCUT2D eigenvalue weighted by Gasteiger charge is -2.10. The van der Waals surface area contributed by atoms with E-state index in [1.807, 2.05) is 25.1 Å². The molecule has 0 saturated heterocycles. The van der Waals surface area contributed by atoms with Gasteiger partial charge < -0.3 is 19.2 Å². The van der Waals surface area contributed by atoms with Gasteiger partial charge >= 0.3 is 5.97 Å². The highest BCUT2D eigenvalue weighted by molar-refractivity contribution is 7.99. The number of carbonyl (C=O) groups excluding carboxylic acids is 2. The minimum atomic E-state index is -0.428. The first-order valence-corrected chi connectivity index (χ1v) is 8.97. The van der Waals surface area contributed by atoms with Crippen LogP contribution in [0.2, 0.25) is 0 Å². The van der Waals surface area contributed by atoms with Crippen LogP contribution in [0, 0.1) is 6.92 Å². The summed E-state index contributed by atoms with van der Waals surface area (Å²) < 4.78 is 15.7. The second kappa shape index (κ2) is 9.17. The molecule has 1 amide bonds. The highest BCUT2D eigenvalue weighted by atomic mass is 32.2. The minimum absolute atomic E-state index is 0.131. The summed E-state index contributed by atoms with van der Waals surface area (Å²) in [4.78, 5) is 23.6. The highest BCUT2D eigenvalue weighted by Crippen LogP contribution is 2.24. The van der Waals surface area contributed by atoms with Gasteiger partial charge in [-0.05, 0) is 32.0 Å². The van der Waals surface area contributed by atoms with Crippen molar-refractivity contribution >= 4 is 29.3 Å². The molecule has 1 aromatic carbocycles. The van der Waals surface area contributed by atoms with Gasteiger partial charge in [-0.15, -0.1) is 11.8 Å². The van der Waals surface area contributed by atoms with Crippen LogP contribution >= 0.6 is 11.8 Å². The van der Waals surface area contributed by atoms with Crippen molar-refractivity contribution in [2.24, 2.45) is 0 Å². The van der Waals surface area contributed by atoms with Crippen molar-refractivity contribution in [3.63, 3.8) is 0 Å². The van der Waals surface area contributed by atoms with E-state index in [9.17, 15) is 9.59 Å². The number of benzene rings is 1. The van der Waals surface area contributed by atoms with E-state index in [2.05, 4.69) is 10.1 Å². The predicted molar refractivity (Wildman–Crippen MR) is 97.2 cm³/mol. The first-order chi connectivity index (χ1) is 12.0. The van der Waals surface area contributed by atoms with Gasteiger partial charge in [0, 0.05) is 0 Å². The number of nitrogens with one attached hydrogen (secondary N) is 1. The smallest absolute Gasteiger partial charge is 0.341 e. The number of furan rings is 1. The average Bonchev–Trinajstić information content (AvgIpc) is 2.97. The molecule has 6 nitrogen and oxygen atoms in total. The number of methoxy groups -OCH3 is 1. The standard InChI is InChI=1S/C18H21NO5S/c1-4-23-16-8-6-5-7-15(16)19-17(20)11-25-10-13-9-14(12(2)24-13)18(21)22-3/h5-9H,4,10-11H2,1-3H3,(H,19,20). The number of amides is 1. The molecule has 2 rings (SSSR count). The van der Waals surface area contributed by atoms with E-state index in [1.54, 1.807) is 19.1 Å². The molecule has 1 aromatic heterocycles. The maximum atomic E-state index is 12.1. The van der Waals surface area contributed by atoms with Crippen molar-refractivity contribution < 1.29 is 23.5 Å². The van der Waals surface area contributed by atoms with Crippen molar-refractivity contribution in [2.75, 3.05) is 24.8 Å². The van der Waals surface area contributed by atoms with Gasteiger partial charge in [0.2, 0.25) is 5.91 Å². The molecule has 0 fully saturated rings.